The van der Waals surface area contributed by atoms with Crippen molar-refractivity contribution in [3.05, 3.63) is 64.2 Å². The second-order valence-electron chi connectivity index (χ2n) is 6.07. The Bertz CT molecular complexity index is 1210. The largest absolute Gasteiger partial charge is 2.00 e. The Balaban J connectivity index is 0.00000320. The average molecular weight is 473 g/mol. The van der Waals surface area contributed by atoms with Crippen molar-refractivity contribution in [2.45, 2.75) is 18.2 Å². The van der Waals surface area contributed by atoms with Crippen LogP contribution >= 0.6 is 11.6 Å². The summed E-state index contributed by atoms with van der Waals surface area (Å²) in [6.07, 6.45) is 1.34. The van der Waals surface area contributed by atoms with E-state index in [-0.39, 0.29) is 70.9 Å². The Morgan fingerprint density at radius 3 is 2.40 bits per heavy atom. The number of allylic oxidation sites excluding steroid dienone is 1. The van der Waals surface area contributed by atoms with Crippen LogP contribution in [-0.2, 0) is 26.1 Å². The molecule has 8 nitrogen and oxygen atoms in total. The predicted molar refractivity (Wildman–Crippen MR) is 109 cm³/mol. The number of ketones is 1. The number of carbonyl (C=O) groups excluding carboxylic acids is 2. The van der Waals surface area contributed by atoms with E-state index in [1.165, 1.54) is 18.2 Å². The van der Waals surface area contributed by atoms with Crippen molar-refractivity contribution in [2.75, 3.05) is 5.43 Å². The maximum Gasteiger partial charge on any atom is 2.00 e. The van der Waals surface area contributed by atoms with E-state index >= 15 is 0 Å². The molecule has 2 aromatic carbocycles. The van der Waals surface area contributed by atoms with Crippen LogP contribution in [0.5, 0.6) is 0 Å². The minimum absolute atomic E-state index is 0. The molecule has 0 bridgehead atoms. The summed E-state index contributed by atoms with van der Waals surface area (Å²) < 4.78 is 34.8. The quantitative estimate of drug-likeness (QED) is 0.388. The molecule has 0 aromatic heterocycles. The Kier molecular flexibility index (Phi) is 7.84. The van der Waals surface area contributed by atoms with Gasteiger partial charge in [-0.2, -0.15) is 5.10 Å². The summed E-state index contributed by atoms with van der Waals surface area (Å²) in [5.41, 5.74) is 2.89. The summed E-state index contributed by atoms with van der Waals surface area (Å²) in [5, 5.41) is 15.4. The van der Waals surface area contributed by atoms with Crippen LogP contribution in [-0.4, -0.2) is 68.2 Å². The molecule has 0 amide bonds. The fourth-order valence-corrected chi connectivity index (χ4v) is 3.90. The van der Waals surface area contributed by atoms with Gasteiger partial charge in [-0.15, -0.1) is 0 Å². The van der Waals surface area contributed by atoms with Gasteiger partial charge in [0.1, 0.15) is 15.8 Å². The van der Waals surface area contributed by atoms with E-state index in [0.717, 1.165) is 12.1 Å². The molecule has 30 heavy (non-hydrogen) atoms. The summed E-state index contributed by atoms with van der Waals surface area (Å²) in [6.45, 7) is 1.79. The van der Waals surface area contributed by atoms with Gasteiger partial charge in [0.05, 0.1) is 16.6 Å². The van der Waals surface area contributed by atoms with Crippen molar-refractivity contribution in [3.63, 3.8) is 0 Å². The molecular weight excluding hydrogens is 460 g/mol. The van der Waals surface area contributed by atoms with Crippen molar-refractivity contribution in [2.24, 2.45) is 5.10 Å². The molecule has 3 rings (SSSR count). The molecule has 1 aliphatic rings. The number of hydrogen-bond donors (Lipinski definition) is 1. The fourth-order valence-electron chi connectivity index (χ4n) is 2.90. The second-order valence-corrected chi connectivity index (χ2v) is 7.83. The van der Waals surface area contributed by atoms with Crippen LogP contribution in [0.4, 0.5) is 5.69 Å². The van der Waals surface area contributed by atoms with Gasteiger partial charge in [-0.3, -0.25) is 10.2 Å². The molecule has 0 spiro atoms. The van der Waals surface area contributed by atoms with E-state index in [9.17, 15) is 27.7 Å². The summed E-state index contributed by atoms with van der Waals surface area (Å²) in [5.74, 6) is -2.23. The SMILES string of the molecule is CCc1cc(N/N=C2\C(=O)C=C(C(=O)[O-])c3ccccc32)c(S(=O)(=O)[O-])cc1Cl.[Ca+2]. The normalized spacial score (nSPS) is 14.6. The zero-order chi connectivity index (χ0) is 21.3. The smallest absolute Gasteiger partial charge is 0.744 e. The first-order chi connectivity index (χ1) is 13.6. The van der Waals surface area contributed by atoms with E-state index in [0.29, 0.717) is 12.0 Å². The van der Waals surface area contributed by atoms with Crippen molar-refractivity contribution in [3.8, 4) is 0 Å². The number of carboxylic acid groups (broad SMARTS) is 1. The third kappa shape index (κ3) is 4.93. The van der Waals surface area contributed by atoms with Crippen LogP contribution in [0.15, 0.2) is 52.5 Å². The van der Waals surface area contributed by atoms with Crippen molar-refractivity contribution >= 4 is 88.2 Å². The van der Waals surface area contributed by atoms with Crippen LogP contribution in [0.3, 0.4) is 0 Å². The maximum atomic E-state index is 12.4. The Labute approximate surface area is 207 Å². The van der Waals surface area contributed by atoms with Crippen molar-refractivity contribution < 1.29 is 27.7 Å². The molecule has 0 aliphatic heterocycles. The molecule has 0 atom stereocenters. The fraction of sp³-hybridized carbons (Fsp3) is 0.105. The van der Waals surface area contributed by atoms with Gasteiger partial charge in [0, 0.05) is 16.2 Å². The molecule has 0 saturated carbocycles. The van der Waals surface area contributed by atoms with Crippen molar-refractivity contribution in [1.82, 2.24) is 0 Å². The van der Waals surface area contributed by atoms with Gasteiger partial charge in [-0.05, 0) is 35.8 Å². The number of benzene rings is 2. The molecule has 0 radical (unpaired) electrons. The third-order valence-electron chi connectivity index (χ3n) is 4.29. The molecule has 11 heteroatoms. The third-order valence-corrected chi connectivity index (χ3v) is 5.52. The van der Waals surface area contributed by atoms with Gasteiger partial charge >= 0.3 is 37.7 Å². The second kappa shape index (κ2) is 9.59. The Morgan fingerprint density at radius 2 is 1.83 bits per heavy atom. The topological polar surface area (TPSA) is 139 Å². The number of nitrogens with one attached hydrogen (secondary N) is 1. The molecule has 150 valence electrons. The van der Waals surface area contributed by atoms with E-state index in [1.807, 2.05) is 0 Å². The molecule has 1 N–H and O–H groups in total. The number of rotatable bonds is 5. The average Bonchev–Trinajstić information content (AvgIpc) is 2.66. The molecular formula is C19H13CaClN2O6S. The summed E-state index contributed by atoms with van der Waals surface area (Å²) >= 11 is 6.00. The molecule has 2 aromatic rings. The monoisotopic (exact) mass is 472 g/mol. The van der Waals surface area contributed by atoms with E-state index < -0.39 is 26.8 Å². The zero-order valence-corrected chi connectivity index (χ0v) is 19.4. The van der Waals surface area contributed by atoms with Gasteiger partial charge < -0.3 is 14.5 Å². The van der Waals surface area contributed by atoms with Crippen LogP contribution < -0.4 is 10.5 Å². The number of hydrazone groups is 1. The van der Waals surface area contributed by atoms with Crippen molar-refractivity contribution in [1.29, 1.82) is 0 Å². The zero-order valence-electron chi connectivity index (χ0n) is 15.6. The van der Waals surface area contributed by atoms with Crippen LogP contribution in [0.2, 0.25) is 5.02 Å². The Morgan fingerprint density at radius 1 is 1.20 bits per heavy atom. The standard InChI is InChI=1S/C19H15ClN2O6S.Ca/c1-2-10-7-15(17(9-14(10)20)29(26,27)28)21-22-18-12-6-4-3-5-11(12)13(19(24)25)8-16(18)23;/h3-9,21H,2H2,1H3,(H,24,25)(H,26,27,28);/q;+2/p-2/b22-18-;. The number of nitrogens with zero attached hydrogens (tertiary/aromatic N) is 1. The number of carboxylic acids is 1. The molecule has 0 saturated heterocycles. The summed E-state index contributed by atoms with van der Waals surface area (Å²) in [4.78, 5) is 23.1. The van der Waals surface area contributed by atoms with Gasteiger partial charge in [0.25, 0.3) is 0 Å². The summed E-state index contributed by atoms with van der Waals surface area (Å²) in [7, 11) is -4.88. The van der Waals surface area contributed by atoms with Gasteiger partial charge in [-0.1, -0.05) is 42.8 Å². The number of anilines is 1. The minimum atomic E-state index is -4.88. The molecule has 0 fully saturated rings. The van der Waals surface area contributed by atoms with E-state index in [4.69, 9.17) is 11.6 Å². The van der Waals surface area contributed by atoms with Gasteiger partial charge in [0.15, 0.2) is 0 Å². The minimum Gasteiger partial charge on any atom is -0.744 e. The number of aliphatic carboxylic acids is 1. The molecule has 0 unspecified atom stereocenters. The Hall–Kier alpha value is -1.75. The first-order valence-corrected chi connectivity index (χ1v) is 10.1. The maximum absolute atomic E-state index is 12.4. The number of carbonyl (C=O) groups is 2. The van der Waals surface area contributed by atoms with Crippen LogP contribution in [0.1, 0.15) is 23.6 Å². The first kappa shape index (κ1) is 24.5. The van der Waals surface area contributed by atoms with E-state index in [1.54, 1.807) is 19.1 Å². The number of hydrogen-bond acceptors (Lipinski definition) is 8. The molecule has 0 heterocycles. The first-order valence-electron chi connectivity index (χ1n) is 8.32. The number of fused-ring (bicyclic) bond motifs is 1. The predicted octanol–water partition coefficient (Wildman–Crippen LogP) is 0.958. The van der Waals surface area contributed by atoms with Crippen LogP contribution in [0, 0.1) is 0 Å². The molecule has 1 aliphatic carbocycles. The number of aryl methyl sites for hydroxylation is 1. The van der Waals surface area contributed by atoms with Crippen LogP contribution in [0.25, 0.3) is 5.57 Å². The van der Waals surface area contributed by atoms with Gasteiger partial charge in [-0.25, -0.2) is 8.42 Å². The number of halogens is 1. The van der Waals surface area contributed by atoms with E-state index in [2.05, 4.69) is 10.5 Å². The van der Waals surface area contributed by atoms with Gasteiger partial charge in [0.2, 0.25) is 5.78 Å². The summed E-state index contributed by atoms with van der Waals surface area (Å²) in [6, 6.07) is 8.54.